The van der Waals surface area contributed by atoms with Gasteiger partial charge in [-0.2, -0.15) is 4.31 Å². The number of aryl methyl sites for hydroxylation is 1. The minimum absolute atomic E-state index is 0.0842. The van der Waals surface area contributed by atoms with Crippen molar-refractivity contribution in [3.63, 3.8) is 0 Å². The molecule has 2 aromatic rings. The molecule has 30 heavy (non-hydrogen) atoms. The summed E-state index contributed by atoms with van der Waals surface area (Å²) in [6.07, 6.45) is 3.12. The van der Waals surface area contributed by atoms with Crippen LogP contribution in [0.1, 0.15) is 11.1 Å². The number of halogens is 1. The minimum Gasteiger partial charge on any atom is -0.337 e. The Hall–Kier alpha value is -2.75. The fourth-order valence-electron chi connectivity index (χ4n) is 3.11. The van der Waals surface area contributed by atoms with Crippen molar-refractivity contribution >= 4 is 39.3 Å². The lowest BCUT2D eigenvalue weighted by atomic mass is 10.2. The zero-order valence-corrected chi connectivity index (χ0v) is 17.8. The number of carbonyl (C=O) groups excluding carboxylic acids is 1. The summed E-state index contributed by atoms with van der Waals surface area (Å²) in [6, 6.07) is 10.8. The molecule has 1 aliphatic heterocycles. The van der Waals surface area contributed by atoms with E-state index in [1.165, 1.54) is 22.5 Å². The first-order valence-electron chi connectivity index (χ1n) is 9.16. The molecule has 0 aliphatic carbocycles. The molecule has 8 nitrogen and oxygen atoms in total. The zero-order valence-electron chi connectivity index (χ0n) is 16.2. The van der Waals surface area contributed by atoms with Gasteiger partial charge in [0.2, 0.25) is 15.9 Å². The van der Waals surface area contributed by atoms with Crippen LogP contribution in [-0.2, 0) is 14.8 Å². The molecule has 3 rings (SSSR count). The van der Waals surface area contributed by atoms with Crippen LogP contribution >= 0.6 is 11.6 Å². The molecule has 0 bridgehead atoms. The highest BCUT2D eigenvalue weighted by Crippen LogP contribution is 2.25. The first-order chi connectivity index (χ1) is 14.2. The Balaban J connectivity index is 1.67. The summed E-state index contributed by atoms with van der Waals surface area (Å²) in [5.41, 5.74) is 0.987. The second-order valence-electron chi connectivity index (χ2n) is 6.82. The first-order valence-corrected chi connectivity index (χ1v) is 11.0. The average Bonchev–Trinajstić information content (AvgIpc) is 2.73. The molecule has 1 aliphatic rings. The van der Waals surface area contributed by atoms with E-state index in [9.17, 15) is 23.3 Å². The van der Waals surface area contributed by atoms with Crippen LogP contribution in [0.5, 0.6) is 0 Å². The van der Waals surface area contributed by atoms with E-state index >= 15 is 0 Å². The molecular formula is C20H20ClN3O5S. The van der Waals surface area contributed by atoms with Gasteiger partial charge in [-0.05, 0) is 36.3 Å². The van der Waals surface area contributed by atoms with E-state index < -0.39 is 14.9 Å². The monoisotopic (exact) mass is 449 g/mol. The molecule has 10 heteroatoms. The van der Waals surface area contributed by atoms with Gasteiger partial charge in [0.15, 0.2) is 0 Å². The fraction of sp³-hybridized carbons (Fsp3) is 0.250. The van der Waals surface area contributed by atoms with Gasteiger partial charge in [-0.3, -0.25) is 14.9 Å². The maximum atomic E-state index is 13.0. The van der Waals surface area contributed by atoms with E-state index in [0.29, 0.717) is 10.6 Å². The van der Waals surface area contributed by atoms with E-state index in [1.54, 1.807) is 42.2 Å². The Morgan fingerprint density at radius 2 is 1.73 bits per heavy atom. The number of hydrogen-bond acceptors (Lipinski definition) is 5. The minimum atomic E-state index is -3.90. The van der Waals surface area contributed by atoms with Crippen molar-refractivity contribution in [3.05, 3.63) is 74.8 Å². The van der Waals surface area contributed by atoms with Crippen molar-refractivity contribution in [2.24, 2.45) is 0 Å². The van der Waals surface area contributed by atoms with Crippen molar-refractivity contribution in [1.82, 2.24) is 9.21 Å². The first kappa shape index (κ1) is 21.9. The molecule has 1 saturated heterocycles. The molecule has 0 spiro atoms. The molecule has 0 radical (unpaired) electrons. The van der Waals surface area contributed by atoms with Gasteiger partial charge < -0.3 is 4.90 Å². The van der Waals surface area contributed by atoms with Crippen LogP contribution in [0.4, 0.5) is 5.69 Å². The summed E-state index contributed by atoms with van der Waals surface area (Å²) in [6.45, 7) is 2.29. The third-order valence-corrected chi connectivity index (χ3v) is 7.13. The second-order valence-corrected chi connectivity index (χ2v) is 9.16. The van der Waals surface area contributed by atoms with Gasteiger partial charge in [-0.1, -0.05) is 29.8 Å². The lowest BCUT2D eigenvalue weighted by Gasteiger charge is -2.33. The van der Waals surface area contributed by atoms with Crippen molar-refractivity contribution in [2.75, 3.05) is 26.2 Å². The largest absolute Gasteiger partial charge is 0.337 e. The second kappa shape index (κ2) is 8.95. The Labute approximate surface area is 179 Å². The van der Waals surface area contributed by atoms with Gasteiger partial charge in [0, 0.05) is 49.4 Å². The smallest absolute Gasteiger partial charge is 0.270 e. The summed E-state index contributed by atoms with van der Waals surface area (Å²) in [4.78, 5) is 24.3. The molecule has 1 amide bonds. The standard InChI is InChI=1S/C20H20ClN3O5S/c1-15-2-8-18(24(26)27)14-19(15)30(28,29)23-12-10-22(11-13-23)20(25)9-5-16-3-6-17(21)7-4-16/h2-9,14H,10-13H2,1H3/b9-5+. The number of hydrogen-bond donors (Lipinski definition) is 0. The van der Waals surface area contributed by atoms with Gasteiger partial charge in [-0.25, -0.2) is 8.42 Å². The van der Waals surface area contributed by atoms with Crippen LogP contribution in [0.3, 0.4) is 0 Å². The number of nitro groups is 1. The Morgan fingerprint density at radius 1 is 1.10 bits per heavy atom. The molecule has 0 atom stereocenters. The highest BCUT2D eigenvalue weighted by Gasteiger charge is 2.31. The van der Waals surface area contributed by atoms with Crippen molar-refractivity contribution in [3.8, 4) is 0 Å². The molecule has 0 saturated carbocycles. The van der Waals surface area contributed by atoms with E-state index in [-0.39, 0.29) is 42.7 Å². The number of rotatable bonds is 5. The Morgan fingerprint density at radius 3 is 2.33 bits per heavy atom. The highest BCUT2D eigenvalue weighted by molar-refractivity contribution is 7.89. The molecule has 0 unspecified atom stereocenters. The summed E-state index contributed by atoms with van der Waals surface area (Å²) in [7, 11) is -3.90. The van der Waals surface area contributed by atoms with E-state index in [4.69, 9.17) is 11.6 Å². The number of sulfonamides is 1. The number of non-ortho nitro benzene ring substituents is 1. The van der Waals surface area contributed by atoms with Gasteiger partial charge in [0.05, 0.1) is 9.82 Å². The SMILES string of the molecule is Cc1ccc([N+](=O)[O-])cc1S(=O)(=O)N1CCN(C(=O)/C=C/c2ccc(Cl)cc2)CC1. The molecule has 2 aromatic carbocycles. The van der Waals surface area contributed by atoms with Crippen LogP contribution in [-0.4, -0.2) is 54.6 Å². The number of nitro benzene ring substituents is 1. The predicted octanol–water partition coefficient (Wildman–Crippen LogP) is 3.10. The maximum Gasteiger partial charge on any atom is 0.270 e. The highest BCUT2D eigenvalue weighted by atomic mass is 35.5. The van der Waals surface area contributed by atoms with Crippen molar-refractivity contribution in [2.45, 2.75) is 11.8 Å². The number of amides is 1. The fourth-order valence-corrected chi connectivity index (χ4v) is 4.91. The quantitative estimate of drug-likeness (QED) is 0.396. The Bertz CT molecular complexity index is 1090. The van der Waals surface area contributed by atoms with Gasteiger partial charge in [0.25, 0.3) is 5.69 Å². The average molecular weight is 450 g/mol. The Kier molecular flexibility index (Phi) is 6.55. The molecule has 0 N–H and O–H groups in total. The van der Waals surface area contributed by atoms with Crippen LogP contribution < -0.4 is 0 Å². The lowest BCUT2D eigenvalue weighted by Crippen LogP contribution is -2.50. The van der Waals surface area contributed by atoms with Gasteiger partial charge in [0.1, 0.15) is 0 Å². The number of nitrogens with zero attached hydrogens (tertiary/aromatic N) is 3. The van der Waals surface area contributed by atoms with E-state index in [0.717, 1.165) is 11.6 Å². The third kappa shape index (κ3) is 4.86. The van der Waals surface area contributed by atoms with Crippen LogP contribution in [0.2, 0.25) is 5.02 Å². The normalized spacial score (nSPS) is 15.5. The predicted molar refractivity (Wildman–Crippen MR) is 114 cm³/mol. The molecular weight excluding hydrogens is 430 g/mol. The van der Waals surface area contributed by atoms with Gasteiger partial charge in [-0.15, -0.1) is 0 Å². The van der Waals surface area contributed by atoms with Crippen molar-refractivity contribution in [1.29, 1.82) is 0 Å². The molecule has 158 valence electrons. The maximum absolute atomic E-state index is 13.0. The lowest BCUT2D eigenvalue weighted by molar-refractivity contribution is -0.385. The summed E-state index contributed by atoms with van der Waals surface area (Å²) in [5, 5.41) is 11.6. The van der Waals surface area contributed by atoms with Crippen molar-refractivity contribution < 1.29 is 18.1 Å². The number of carbonyl (C=O) groups is 1. The molecule has 1 fully saturated rings. The topological polar surface area (TPSA) is 101 Å². The molecule has 1 heterocycles. The third-order valence-electron chi connectivity index (χ3n) is 4.84. The summed E-state index contributed by atoms with van der Waals surface area (Å²) >= 11 is 5.84. The molecule has 0 aromatic heterocycles. The van der Waals surface area contributed by atoms with Gasteiger partial charge >= 0.3 is 0 Å². The van der Waals surface area contributed by atoms with E-state index in [2.05, 4.69) is 0 Å². The zero-order chi connectivity index (χ0) is 21.9. The van der Waals surface area contributed by atoms with E-state index in [1.807, 2.05) is 0 Å². The van der Waals surface area contributed by atoms with Crippen LogP contribution in [0, 0.1) is 17.0 Å². The van der Waals surface area contributed by atoms with Crippen LogP contribution in [0.15, 0.2) is 53.4 Å². The summed E-state index contributed by atoms with van der Waals surface area (Å²) in [5.74, 6) is -0.214. The number of benzene rings is 2. The summed E-state index contributed by atoms with van der Waals surface area (Å²) < 4.78 is 27.2. The van der Waals surface area contributed by atoms with Crippen LogP contribution in [0.25, 0.3) is 6.08 Å². The number of piperazine rings is 1.